The number of terminal acetylenes is 1. The minimum atomic E-state index is -0.872. The van der Waals surface area contributed by atoms with Crippen LogP contribution in [0.15, 0.2) is 59.2 Å². The van der Waals surface area contributed by atoms with E-state index in [1.54, 1.807) is 55.4 Å². The van der Waals surface area contributed by atoms with E-state index < -0.39 is 6.10 Å². The topological polar surface area (TPSA) is 74.6 Å². The largest absolute Gasteiger partial charge is 0.493 e. The minimum Gasteiger partial charge on any atom is -0.493 e. The number of methoxy groups -OCH3 is 2. The molecular formula is C22H20BrN3O4. The molecule has 0 radical (unpaired) electrons. The highest BCUT2D eigenvalue weighted by Crippen LogP contribution is 2.30. The smallest absolute Gasteiger partial charge is 0.259 e. The highest BCUT2D eigenvalue weighted by atomic mass is 79.9. The van der Waals surface area contributed by atoms with E-state index in [-0.39, 0.29) is 12.5 Å². The van der Waals surface area contributed by atoms with Gasteiger partial charge in [0.25, 0.3) is 5.91 Å². The second-order valence-corrected chi connectivity index (χ2v) is 7.02. The Labute approximate surface area is 183 Å². The average molecular weight is 470 g/mol. The number of hydrogen-bond acceptors (Lipinski definition) is 5. The fourth-order valence-corrected chi connectivity index (χ4v) is 3.11. The van der Waals surface area contributed by atoms with Gasteiger partial charge in [-0.15, -0.1) is 6.42 Å². The zero-order valence-electron chi connectivity index (χ0n) is 16.5. The van der Waals surface area contributed by atoms with Gasteiger partial charge in [-0.25, -0.2) is 4.68 Å². The third-order valence-electron chi connectivity index (χ3n) is 4.25. The molecule has 0 fully saturated rings. The molecule has 2 aromatic carbocycles. The van der Waals surface area contributed by atoms with Crippen LogP contribution in [0.3, 0.4) is 0 Å². The minimum absolute atomic E-state index is 0.00307. The standard InChI is InChI=1S/C22H20BrN3O4/c1-4-13-30-21(15-5-7-16(23)8-6-15)22(27)25-20-11-12-24-26(20)17-9-10-18(28-2)19(14-17)29-3/h1,5-12,14,21H,13H2,2-3H3,(H,25,27). The van der Waals surface area contributed by atoms with Gasteiger partial charge in [0.1, 0.15) is 12.4 Å². The Morgan fingerprint density at radius 3 is 2.57 bits per heavy atom. The Hall–Kier alpha value is -3.28. The number of amides is 1. The Balaban J connectivity index is 1.87. The van der Waals surface area contributed by atoms with E-state index in [0.717, 1.165) is 4.47 Å². The lowest BCUT2D eigenvalue weighted by Crippen LogP contribution is -2.25. The van der Waals surface area contributed by atoms with Crippen LogP contribution >= 0.6 is 15.9 Å². The van der Waals surface area contributed by atoms with E-state index in [1.807, 2.05) is 18.2 Å². The number of halogens is 1. The van der Waals surface area contributed by atoms with Crippen molar-refractivity contribution < 1.29 is 19.0 Å². The van der Waals surface area contributed by atoms with Crippen LogP contribution in [0.25, 0.3) is 5.69 Å². The average Bonchev–Trinajstić information content (AvgIpc) is 3.22. The molecular weight excluding hydrogens is 450 g/mol. The molecule has 1 N–H and O–H groups in total. The molecule has 7 nitrogen and oxygen atoms in total. The second kappa shape index (κ2) is 9.96. The molecule has 8 heteroatoms. The molecule has 30 heavy (non-hydrogen) atoms. The van der Waals surface area contributed by atoms with Crippen LogP contribution in [-0.4, -0.2) is 36.5 Å². The van der Waals surface area contributed by atoms with Gasteiger partial charge in [-0.05, 0) is 29.8 Å². The Morgan fingerprint density at radius 2 is 1.90 bits per heavy atom. The Kier molecular flexibility index (Phi) is 7.12. The summed E-state index contributed by atoms with van der Waals surface area (Å²) in [5, 5.41) is 7.16. The van der Waals surface area contributed by atoms with Crippen molar-refractivity contribution in [1.29, 1.82) is 0 Å². The first-order valence-electron chi connectivity index (χ1n) is 8.95. The molecule has 0 bridgehead atoms. The maximum absolute atomic E-state index is 13.0. The molecule has 0 saturated carbocycles. The molecule has 0 aliphatic carbocycles. The fraction of sp³-hybridized carbons (Fsp3) is 0.182. The van der Waals surface area contributed by atoms with Gasteiger partial charge >= 0.3 is 0 Å². The van der Waals surface area contributed by atoms with Crippen LogP contribution in [0, 0.1) is 12.3 Å². The number of nitrogens with zero attached hydrogens (tertiary/aromatic N) is 2. The van der Waals surface area contributed by atoms with Crippen molar-refractivity contribution >= 4 is 27.7 Å². The maximum Gasteiger partial charge on any atom is 0.259 e. The summed E-state index contributed by atoms with van der Waals surface area (Å²) in [5.74, 6) is 3.65. The van der Waals surface area contributed by atoms with E-state index in [2.05, 4.69) is 32.3 Å². The first-order valence-corrected chi connectivity index (χ1v) is 9.74. The first kappa shape index (κ1) is 21.4. The first-order chi connectivity index (χ1) is 14.6. The summed E-state index contributed by atoms with van der Waals surface area (Å²) in [6, 6.07) is 14.3. The number of aromatic nitrogens is 2. The molecule has 1 amide bonds. The molecule has 1 aromatic heterocycles. The van der Waals surface area contributed by atoms with Crippen molar-refractivity contribution in [3.05, 3.63) is 64.8 Å². The number of carbonyl (C=O) groups is 1. The maximum atomic E-state index is 13.0. The van der Waals surface area contributed by atoms with Crippen LogP contribution in [-0.2, 0) is 9.53 Å². The third-order valence-corrected chi connectivity index (χ3v) is 4.78. The number of ether oxygens (including phenoxy) is 3. The summed E-state index contributed by atoms with van der Waals surface area (Å²) >= 11 is 3.39. The quantitative estimate of drug-likeness (QED) is 0.505. The molecule has 1 unspecified atom stereocenters. The molecule has 3 rings (SSSR count). The van der Waals surface area contributed by atoms with Gasteiger partial charge in [-0.1, -0.05) is 34.0 Å². The summed E-state index contributed by atoms with van der Waals surface area (Å²) in [6.07, 6.45) is 6.03. The SMILES string of the molecule is C#CCOC(C(=O)Nc1ccnn1-c1ccc(OC)c(OC)c1)c1ccc(Br)cc1. The van der Waals surface area contributed by atoms with Crippen molar-refractivity contribution in [2.24, 2.45) is 0 Å². The van der Waals surface area contributed by atoms with Gasteiger partial charge in [0.15, 0.2) is 17.6 Å². The highest BCUT2D eigenvalue weighted by molar-refractivity contribution is 9.10. The van der Waals surface area contributed by atoms with Gasteiger partial charge in [0.2, 0.25) is 0 Å². The van der Waals surface area contributed by atoms with Gasteiger partial charge in [-0.2, -0.15) is 5.10 Å². The van der Waals surface area contributed by atoms with Crippen LogP contribution in [0.2, 0.25) is 0 Å². The van der Waals surface area contributed by atoms with Gasteiger partial charge in [0, 0.05) is 16.6 Å². The van der Waals surface area contributed by atoms with E-state index in [0.29, 0.717) is 28.6 Å². The lowest BCUT2D eigenvalue weighted by Gasteiger charge is -2.18. The van der Waals surface area contributed by atoms with Gasteiger partial charge < -0.3 is 19.5 Å². The van der Waals surface area contributed by atoms with Crippen molar-refractivity contribution in [3.8, 4) is 29.5 Å². The molecule has 0 aliphatic heterocycles. The van der Waals surface area contributed by atoms with E-state index >= 15 is 0 Å². The monoisotopic (exact) mass is 469 g/mol. The van der Waals surface area contributed by atoms with Crippen LogP contribution in [0.1, 0.15) is 11.7 Å². The fourth-order valence-electron chi connectivity index (χ4n) is 2.84. The molecule has 3 aromatic rings. The molecule has 154 valence electrons. The predicted octanol–water partition coefficient (Wildman–Crippen LogP) is 3.98. The number of anilines is 1. The lowest BCUT2D eigenvalue weighted by atomic mass is 10.1. The molecule has 0 spiro atoms. The van der Waals surface area contributed by atoms with E-state index in [9.17, 15) is 4.79 Å². The number of hydrogen-bond donors (Lipinski definition) is 1. The second-order valence-electron chi connectivity index (χ2n) is 6.10. The Bertz CT molecular complexity index is 1060. The number of carbonyl (C=O) groups excluding carboxylic acids is 1. The summed E-state index contributed by atoms with van der Waals surface area (Å²) in [4.78, 5) is 13.0. The summed E-state index contributed by atoms with van der Waals surface area (Å²) < 4.78 is 18.7. The van der Waals surface area contributed by atoms with Gasteiger partial charge in [0.05, 0.1) is 26.1 Å². The zero-order chi connectivity index (χ0) is 21.5. The predicted molar refractivity (Wildman–Crippen MR) is 117 cm³/mol. The highest BCUT2D eigenvalue weighted by Gasteiger charge is 2.23. The normalized spacial score (nSPS) is 11.4. The van der Waals surface area contributed by atoms with Crippen LogP contribution in [0.5, 0.6) is 11.5 Å². The number of benzene rings is 2. The molecule has 1 atom stereocenters. The van der Waals surface area contributed by atoms with E-state index in [4.69, 9.17) is 20.6 Å². The van der Waals surface area contributed by atoms with E-state index in [1.165, 1.54) is 0 Å². The van der Waals surface area contributed by atoms with Crippen LogP contribution in [0.4, 0.5) is 5.82 Å². The summed E-state index contributed by atoms with van der Waals surface area (Å²) in [5.41, 5.74) is 1.38. The third kappa shape index (κ3) is 4.82. The summed E-state index contributed by atoms with van der Waals surface area (Å²) in [7, 11) is 3.12. The van der Waals surface area contributed by atoms with Crippen molar-refractivity contribution in [2.45, 2.75) is 6.10 Å². The molecule has 0 saturated heterocycles. The lowest BCUT2D eigenvalue weighted by molar-refractivity contribution is -0.127. The summed E-state index contributed by atoms with van der Waals surface area (Å²) in [6.45, 7) is 0.00307. The van der Waals surface area contributed by atoms with Crippen LogP contribution < -0.4 is 14.8 Å². The van der Waals surface area contributed by atoms with Crippen molar-refractivity contribution in [3.63, 3.8) is 0 Å². The zero-order valence-corrected chi connectivity index (χ0v) is 18.0. The number of nitrogens with one attached hydrogen (secondary N) is 1. The van der Waals surface area contributed by atoms with Crippen molar-refractivity contribution in [1.82, 2.24) is 9.78 Å². The van der Waals surface area contributed by atoms with Crippen molar-refractivity contribution in [2.75, 3.05) is 26.1 Å². The number of rotatable bonds is 8. The molecule has 1 heterocycles. The Morgan fingerprint density at radius 1 is 1.17 bits per heavy atom. The molecule has 0 aliphatic rings. The van der Waals surface area contributed by atoms with Gasteiger partial charge in [-0.3, -0.25) is 4.79 Å².